The van der Waals surface area contributed by atoms with Crippen molar-refractivity contribution in [3.05, 3.63) is 36.5 Å². The summed E-state index contributed by atoms with van der Waals surface area (Å²) in [6.07, 6.45) is 1.76. The van der Waals surface area contributed by atoms with Gasteiger partial charge in [-0.05, 0) is 19.1 Å². The predicted molar refractivity (Wildman–Crippen MR) is 62.6 cm³/mol. The summed E-state index contributed by atoms with van der Waals surface area (Å²) >= 11 is 5.71. The van der Waals surface area contributed by atoms with Crippen LogP contribution in [-0.4, -0.2) is 17.0 Å². The zero-order valence-electron chi connectivity index (χ0n) is 8.48. The third-order valence-corrected chi connectivity index (χ3v) is 2.58. The van der Waals surface area contributed by atoms with Gasteiger partial charge in [0.1, 0.15) is 17.4 Å². The molecule has 0 aliphatic heterocycles. The molecule has 2 rings (SSSR count). The molecule has 0 radical (unpaired) electrons. The van der Waals surface area contributed by atoms with Crippen LogP contribution in [0.4, 0.5) is 0 Å². The molecule has 15 heavy (non-hydrogen) atoms. The molecule has 0 saturated heterocycles. The van der Waals surface area contributed by atoms with E-state index in [1.54, 1.807) is 6.20 Å². The van der Waals surface area contributed by atoms with Crippen LogP contribution in [0, 0.1) is 0 Å². The van der Waals surface area contributed by atoms with E-state index in [4.69, 9.17) is 16.3 Å². The van der Waals surface area contributed by atoms with Gasteiger partial charge in [-0.1, -0.05) is 18.2 Å². The summed E-state index contributed by atoms with van der Waals surface area (Å²) in [5, 5.41) is 1.08. The topological polar surface area (TPSA) is 22.1 Å². The highest BCUT2D eigenvalue weighted by atomic mass is 35.5. The Morgan fingerprint density at radius 2 is 2.13 bits per heavy atom. The van der Waals surface area contributed by atoms with E-state index in [9.17, 15) is 0 Å². The minimum Gasteiger partial charge on any atom is -0.487 e. The van der Waals surface area contributed by atoms with E-state index in [-0.39, 0.29) is 6.10 Å². The molecule has 1 aromatic heterocycles. The molecule has 1 heterocycles. The third-order valence-electron chi connectivity index (χ3n) is 2.14. The summed E-state index contributed by atoms with van der Waals surface area (Å²) in [7, 11) is 0. The van der Waals surface area contributed by atoms with Gasteiger partial charge in [0.2, 0.25) is 0 Å². The minimum atomic E-state index is -0.000673. The Hall–Kier alpha value is -1.28. The first-order valence-electron chi connectivity index (χ1n) is 4.87. The van der Waals surface area contributed by atoms with Crippen LogP contribution in [0.5, 0.6) is 5.75 Å². The number of benzene rings is 1. The van der Waals surface area contributed by atoms with E-state index in [1.807, 2.05) is 37.3 Å². The predicted octanol–water partition coefficient (Wildman–Crippen LogP) is 3.24. The summed E-state index contributed by atoms with van der Waals surface area (Å²) in [5.74, 6) is 1.27. The Labute approximate surface area is 93.8 Å². The lowest BCUT2D eigenvalue weighted by molar-refractivity contribution is 0.248. The van der Waals surface area contributed by atoms with Gasteiger partial charge in [-0.15, -0.1) is 11.6 Å². The van der Waals surface area contributed by atoms with Gasteiger partial charge in [-0.25, -0.2) is 0 Å². The van der Waals surface area contributed by atoms with Gasteiger partial charge in [0, 0.05) is 11.6 Å². The molecule has 3 heteroatoms. The molecule has 0 amide bonds. The van der Waals surface area contributed by atoms with Gasteiger partial charge in [0.15, 0.2) is 0 Å². The molecular formula is C12H12ClNO. The number of fused-ring (bicyclic) bond motifs is 1. The second-order valence-electron chi connectivity index (χ2n) is 3.41. The summed E-state index contributed by atoms with van der Waals surface area (Å²) in [6, 6.07) is 9.82. The SMILES string of the molecule is CC(CCl)Oc1cccc2cccnc12. The quantitative estimate of drug-likeness (QED) is 0.743. The molecule has 0 N–H and O–H groups in total. The number of aromatic nitrogens is 1. The second kappa shape index (κ2) is 4.49. The van der Waals surface area contributed by atoms with E-state index in [0.717, 1.165) is 16.7 Å². The molecule has 2 nitrogen and oxygen atoms in total. The Balaban J connectivity index is 2.42. The van der Waals surface area contributed by atoms with Gasteiger partial charge in [0.05, 0.1) is 5.88 Å². The number of halogens is 1. The lowest BCUT2D eigenvalue weighted by Crippen LogP contribution is -2.13. The first kappa shape index (κ1) is 10.2. The van der Waals surface area contributed by atoms with Crippen molar-refractivity contribution in [2.45, 2.75) is 13.0 Å². The van der Waals surface area contributed by atoms with E-state index >= 15 is 0 Å². The molecule has 0 aliphatic rings. The lowest BCUT2D eigenvalue weighted by atomic mass is 10.2. The maximum Gasteiger partial charge on any atom is 0.145 e. The number of alkyl halides is 1. The fourth-order valence-electron chi connectivity index (χ4n) is 1.42. The first-order valence-corrected chi connectivity index (χ1v) is 5.41. The highest BCUT2D eigenvalue weighted by molar-refractivity contribution is 6.18. The maximum absolute atomic E-state index is 5.71. The molecule has 0 spiro atoms. The maximum atomic E-state index is 5.71. The lowest BCUT2D eigenvalue weighted by Gasteiger charge is -2.12. The van der Waals surface area contributed by atoms with Crippen molar-refractivity contribution in [3.8, 4) is 5.75 Å². The summed E-state index contributed by atoms with van der Waals surface area (Å²) in [6.45, 7) is 1.94. The van der Waals surface area contributed by atoms with Gasteiger partial charge in [-0.3, -0.25) is 4.98 Å². The van der Waals surface area contributed by atoms with E-state index in [2.05, 4.69) is 4.98 Å². The van der Waals surface area contributed by atoms with Crippen molar-refractivity contribution in [3.63, 3.8) is 0 Å². The number of para-hydroxylation sites is 1. The molecule has 0 aliphatic carbocycles. The van der Waals surface area contributed by atoms with Crippen molar-refractivity contribution in [1.29, 1.82) is 0 Å². The zero-order valence-corrected chi connectivity index (χ0v) is 9.24. The molecule has 0 bridgehead atoms. The van der Waals surface area contributed by atoms with Crippen LogP contribution < -0.4 is 4.74 Å². The fourth-order valence-corrected chi connectivity index (χ4v) is 1.48. The normalized spacial score (nSPS) is 12.7. The van der Waals surface area contributed by atoms with Crippen LogP contribution in [0.1, 0.15) is 6.92 Å². The minimum absolute atomic E-state index is 0.000673. The monoisotopic (exact) mass is 221 g/mol. The Kier molecular flexibility index (Phi) is 3.07. The molecule has 0 fully saturated rings. The van der Waals surface area contributed by atoms with E-state index < -0.39 is 0 Å². The number of ether oxygens (including phenoxy) is 1. The van der Waals surface area contributed by atoms with Crippen molar-refractivity contribution < 1.29 is 4.74 Å². The molecule has 1 aromatic carbocycles. The number of rotatable bonds is 3. The van der Waals surface area contributed by atoms with Gasteiger partial charge >= 0.3 is 0 Å². The van der Waals surface area contributed by atoms with Crippen LogP contribution in [0.2, 0.25) is 0 Å². The van der Waals surface area contributed by atoms with Crippen LogP contribution in [0.25, 0.3) is 10.9 Å². The van der Waals surface area contributed by atoms with Crippen LogP contribution in [-0.2, 0) is 0 Å². The van der Waals surface area contributed by atoms with E-state index in [0.29, 0.717) is 5.88 Å². The largest absolute Gasteiger partial charge is 0.487 e. The highest BCUT2D eigenvalue weighted by Crippen LogP contribution is 2.23. The van der Waals surface area contributed by atoms with Crippen molar-refractivity contribution >= 4 is 22.5 Å². The smallest absolute Gasteiger partial charge is 0.145 e. The van der Waals surface area contributed by atoms with Crippen LogP contribution in [0.3, 0.4) is 0 Å². The third kappa shape index (κ3) is 2.21. The fraction of sp³-hybridized carbons (Fsp3) is 0.250. The number of hydrogen-bond acceptors (Lipinski definition) is 2. The Morgan fingerprint density at radius 3 is 2.93 bits per heavy atom. The van der Waals surface area contributed by atoms with Crippen molar-refractivity contribution in [1.82, 2.24) is 4.98 Å². The number of pyridine rings is 1. The standard InChI is InChI=1S/C12H12ClNO/c1-9(8-13)15-11-6-2-4-10-5-3-7-14-12(10)11/h2-7,9H,8H2,1H3. The first-order chi connectivity index (χ1) is 7.31. The summed E-state index contributed by atoms with van der Waals surface area (Å²) in [5.41, 5.74) is 0.886. The second-order valence-corrected chi connectivity index (χ2v) is 3.72. The molecule has 0 saturated carbocycles. The molecule has 1 atom stereocenters. The van der Waals surface area contributed by atoms with Crippen LogP contribution >= 0.6 is 11.6 Å². The van der Waals surface area contributed by atoms with Crippen molar-refractivity contribution in [2.24, 2.45) is 0 Å². The highest BCUT2D eigenvalue weighted by Gasteiger charge is 2.06. The average molecular weight is 222 g/mol. The summed E-state index contributed by atoms with van der Waals surface area (Å²) < 4.78 is 5.68. The summed E-state index contributed by atoms with van der Waals surface area (Å²) in [4.78, 5) is 4.30. The van der Waals surface area contributed by atoms with Gasteiger partial charge in [0.25, 0.3) is 0 Å². The average Bonchev–Trinajstić information content (AvgIpc) is 2.29. The number of hydrogen-bond donors (Lipinski definition) is 0. The Bertz CT molecular complexity index is 453. The van der Waals surface area contributed by atoms with Gasteiger partial charge in [-0.2, -0.15) is 0 Å². The van der Waals surface area contributed by atoms with Crippen molar-refractivity contribution in [2.75, 3.05) is 5.88 Å². The van der Waals surface area contributed by atoms with Crippen LogP contribution in [0.15, 0.2) is 36.5 Å². The molecule has 1 unspecified atom stereocenters. The molecule has 78 valence electrons. The Morgan fingerprint density at radius 1 is 1.33 bits per heavy atom. The molecular weight excluding hydrogens is 210 g/mol. The van der Waals surface area contributed by atoms with E-state index in [1.165, 1.54) is 0 Å². The van der Waals surface area contributed by atoms with Gasteiger partial charge < -0.3 is 4.74 Å². The molecule has 2 aromatic rings. The zero-order chi connectivity index (χ0) is 10.7. The number of nitrogens with zero attached hydrogens (tertiary/aromatic N) is 1.